The molecule has 0 saturated carbocycles. The van der Waals surface area contributed by atoms with E-state index in [4.69, 9.17) is 10.5 Å². The molecule has 3 rings (SSSR count). The van der Waals surface area contributed by atoms with E-state index >= 15 is 0 Å². The molecule has 1 fully saturated rings. The monoisotopic (exact) mass is 330 g/mol. The van der Waals surface area contributed by atoms with Crippen LogP contribution in [0.5, 0.6) is 0 Å². The molecule has 0 bridgehead atoms. The Balaban J connectivity index is 1.93. The Morgan fingerprint density at radius 2 is 2.17 bits per heavy atom. The second-order valence-electron chi connectivity index (χ2n) is 6.00. The minimum atomic E-state index is -1.54. The van der Waals surface area contributed by atoms with Crippen LogP contribution in [-0.4, -0.2) is 93.4 Å². The summed E-state index contributed by atoms with van der Waals surface area (Å²) in [5, 5.41) is 45.3. The molecule has 0 aromatic carbocycles. The van der Waals surface area contributed by atoms with Gasteiger partial charge in [0.1, 0.15) is 30.7 Å². The topological polar surface area (TPSA) is 168 Å². The quantitative estimate of drug-likeness (QED) is 0.253. The van der Waals surface area contributed by atoms with E-state index < -0.39 is 42.8 Å². The lowest BCUT2D eigenvalue weighted by atomic mass is 10.1. The Morgan fingerprint density at radius 3 is 2.74 bits per heavy atom. The Hall–Kier alpha value is -1.18. The fraction of sp³-hybridized carbons (Fsp3) is 0.833. The number of rotatable bonds is 3. The number of hydrogen-bond donors (Lipinski definition) is 7. The number of fused-ring (bicyclic) bond motifs is 1. The van der Waals surface area contributed by atoms with E-state index in [0.717, 1.165) is 0 Å². The standard InChI is InChI=1S/C12H22N6O5/c1-11(22)8-9(16-12(13,14-2)17-11)18(4-15-8)10-7(21)6(20)5(3-19)23-10/h5-7,10,14,17,19-22H,3-4,13H2,1-2H3/t5-,6-,7-,10-,11?,12?/m1/s1. The van der Waals surface area contributed by atoms with Crippen molar-refractivity contribution >= 4 is 11.5 Å². The van der Waals surface area contributed by atoms with E-state index in [0.29, 0.717) is 0 Å². The summed E-state index contributed by atoms with van der Waals surface area (Å²) in [7, 11) is 1.57. The van der Waals surface area contributed by atoms with Crippen molar-refractivity contribution in [2.45, 2.75) is 43.1 Å². The molecule has 11 heteroatoms. The van der Waals surface area contributed by atoms with Gasteiger partial charge in [-0.05, 0) is 14.0 Å². The molecule has 2 unspecified atom stereocenters. The summed E-state index contributed by atoms with van der Waals surface area (Å²) in [5.74, 6) is -1.18. The first-order valence-corrected chi connectivity index (χ1v) is 7.26. The smallest absolute Gasteiger partial charge is 0.224 e. The molecule has 3 aliphatic rings. The first-order valence-electron chi connectivity index (χ1n) is 7.26. The average molecular weight is 330 g/mol. The Morgan fingerprint density at radius 1 is 1.48 bits per heavy atom. The number of aliphatic imine (C=N–C) groups is 2. The zero-order valence-electron chi connectivity index (χ0n) is 12.8. The number of nitrogens with zero attached hydrogens (tertiary/aromatic N) is 3. The van der Waals surface area contributed by atoms with Gasteiger partial charge in [-0.3, -0.25) is 16.0 Å². The van der Waals surface area contributed by atoms with E-state index in [1.807, 2.05) is 0 Å². The third-order valence-corrected chi connectivity index (χ3v) is 4.25. The number of nitrogens with one attached hydrogen (secondary N) is 2. The summed E-state index contributed by atoms with van der Waals surface area (Å²) in [4.78, 5) is 10.0. The van der Waals surface area contributed by atoms with Crippen LogP contribution in [0.3, 0.4) is 0 Å². The second kappa shape index (κ2) is 5.43. The molecule has 1 saturated heterocycles. The van der Waals surface area contributed by atoms with Crippen LogP contribution in [0.25, 0.3) is 0 Å². The Labute approximate surface area is 132 Å². The SMILES string of the molecule is CNC1(N)N=C2C(=NCN2[C@@H]2O[C@H](CO)[C@@H](O)[C@H]2O)C(C)(O)N1. The largest absolute Gasteiger partial charge is 0.394 e. The van der Waals surface area contributed by atoms with Crippen molar-refractivity contribution in [3.05, 3.63) is 0 Å². The van der Waals surface area contributed by atoms with Crippen molar-refractivity contribution < 1.29 is 25.2 Å². The van der Waals surface area contributed by atoms with Crippen LogP contribution in [0.4, 0.5) is 0 Å². The lowest BCUT2D eigenvalue weighted by molar-refractivity contribution is -0.0696. The van der Waals surface area contributed by atoms with Gasteiger partial charge in [0.25, 0.3) is 0 Å². The van der Waals surface area contributed by atoms with Gasteiger partial charge in [-0.25, -0.2) is 10.3 Å². The molecule has 8 N–H and O–H groups in total. The zero-order valence-corrected chi connectivity index (χ0v) is 12.8. The van der Waals surface area contributed by atoms with Crippen LogP contribution < -0.4 is 16.4 Å². The normalized spacial score (nSPS) is 46.7. The predicted molar refractivity (Wildman–Crippen MR) is 79.1 cm³/mol. The highest BCUT2D eigenvalue weighted by molar-refractivity contribution is 6.45. The van der Waals surface area contributed by atoms with Crippen molar-refractivity contribution in [3.8, 4) is 0 Å². The van der Waals surface area contributed by atoms with Gasteiger partial charge in [0.2, 0.25) is 5.91 Å². The Kier molecular flexibility index (Phi) is 3.93. The van der Waals surface area contributed by atoms with Crippen LogP contribution in [-0.2, 0) is 4.74 Å². The van der Waals surface area contributed by atoms with Crippen molar-refractivity contribution in [2.24, 2.45) is 15.7 Å². The van der Waals surface area contributed by atoms with Gasteiger partial charge in [0.15, 0.2) is 17.8 Å². The van der Waals surface area contributed by atoms with Gasteiger partial charge in [-0.15, -0.1) is 0 Å². The highest BCUT2D eigenvalue weighted by Crippen LogP contribution is 2.29. The third kappa shape index (κ3) is 2.55. The number of ether oxygens (including phenoxy) is 1. The summed E-state index contributed by atoms with van der Waals surface area (Å²) >= 11 is 0. The number of aliphatic hydroxyl groups excluding tert-OH is 3. The maximum absolute atomic E-state index is 10.5. The first kappa shape index (κ1) is 16.7. The molecule has 6 atom stereocenters. The van der Waals surface area contributed by atoms with Gasteiger partial charge >= 0.3 is 0 Å². The van der Waals surface area contributed by atoms with Crippen molar-refractivity contribution in [2.75, 3.05) is 20.3 Å². The molecular weight excluding hydrogens is 308 g/mol. The van der Waals surface area contributed by atoms with E-state index in [-0.39, 0.29) is 18.2 Å². The number of amidine groups is 1. The summed E-state index contributed by atoms with van der Waals surface area (Å²) in [6.45, 7) is 1.12. The van der Waals surface area contributed by atoms with E-state index in [9.17, 15) is 20.4 Å². The highest BCUT2D eigenvalue weighted by atomic mass is 16.6. The summed E-state index contributed by atoms with van der Waals surface area (Å²) in [6.07, 6.45) is -4.36. The third-order valence-electron chi connectivity index (χ3n) is 4.25. The highest BCUT2D eigenvalue weighted by Gasteiger charge is 2.52. The minimum Gasteiger partial charge on any atom is -0.394 e. The molecule has 3 heterocycles. The molecule has 3 aliphatic heterocycles. The van der Waals surface area contributed by atoms with E-state index in [2.05, 4.69) is 20.6 Å². The second-order valence-corrected chi connectivity index (χ2v) is 6.00. The van der Waals surface area contributed by atoms with Crippen LogP contribution in [0.1, 0.15) is 6.92 Å². The summed E-state index contributed by atoms with van der Waals surface area (Å²) in [6, 6.07) is 0. The summed E-state index contributed by atoms with van der Waals surface area (Å²) < 4.78 is 5.50. The molecule has 0 aliphatic carbocycles. The lowest BCUT2D eigenvalue weighted by Gasteiger charge is -2.41. The molecule has 0 amide bonds. The van der Waals surface area contributed by atoms with Gasteiger partial charge in [-0.2, -0.15) is 0 Å². The number of hydrogen-bond acceptors (Lipinski definition) is 11. The predicted octanol–water partition coefficient (Wildman–Crippen LogP) is -4.36. The lowest BCUT2D eigenvalue weighted by Crippen LogP contribution is -2.74. The van der Waals surface area contributed by atoms with Crippen LogP contribution in [0, 0.1) is 0 Å². The van der Waals surface area contributed by atoms with Gasteiger partial charge in [0.05, 0.1) is 6.61 Å². The zero-order chi connectivity index (χ0) is 17.0. The molecule has 11 nitrogen and oxygen atoms in total. The fourth-order valence-electron chi connectivity index (χ4n) is 2.99. The molecule has 0 aromatic rings. The van der Waals surface area contributed by atoms with Crippen LogP contribution in [0.15, 0.2) is 9.98 Å². The van der Waals surface area contributed by atoms with Crippen molar-refractivity contribution in [1.29, 1.82) is 0 Å². The number of aliphatic hydroxyl groups is 4. The number of nitrogens with two attached hydrogens (primary N) is 1. The maximum atomic E-state index is 10.5. The maximum Gasteiger partial charge on any atom is 0.224 e. The van der Waals surface area contributed by atoms with Crippen LogP contribution >= 0.6 is 0 Å². The van der Waals surface area contributed by atoms with Gasteiger partial charge < -0.3 is 30.1 Å². The Bertz CT molecular complexity index is 554. The van der Waals surface area contributed by atoms with E-state index in [1.54, 1.807) is 7.05 Å². The first-order chi connectivity index (χ1) is 10.7. The molecule has 0 aromatic heterocycles. The fourth-order valence-corrected chi connectivity index (χ4v) is 2.99. The van der Waals surface area contributed by atoms with Crippen molar-refractivity contribution in [3.63, 3.8) is 0 Å². The molecule has 130 valence electrons. The molecule has 0 spiro atoms. The molecule has 0 radical (unpaired) electrons. The van der Waals surface area contributed by atoms with E-state index in [1.165, 1.54) is 11.8 Å². The van der Waals surface area contributed by atoms with Crippen molar-refractivity contribution in [1.82, 2.24) is 15.5 Å². The average Bonchev–Trinajstić information content (AvgIpc) is 3.01. The van der Waals surface area contributed by atoms with Crippen LogP contribution in [0.2, 0.25) is 0 Å². The van der Waals surface area contributed by atoms with Gasteiger partial charge in [-0.1, -0.05) is 0 Å². The molecular formula is C12H22N6O5. The minimum absolute atomic E-state index is 0.0678. The van der Waals surface area contributed by atoms with Gasteiger partial charge in [0, 0.05) is 0 Å². The summed E-state index contributed by atoms with van der Waals surface area (Å²) in [5.41, 5.74) is 4.74. The molecule has 23 heavy (non-hydrogen) atoms.